The summed E-state index contributed by atoms with van der Waals surface area (Å²) in [6.07, 6.45) is 0. The Bertz CT molecular complexity index is 397. The van der Waals surface area contributed by atoms with Gasteiger partial charge in [-0.1, -0.05) is 0 Å². The Morgan fingerprint density at radius 2 is 1.75 bits per heavy atom. The first-order chi connectivity index (χ1) is 7.32. The van der Waals surface area contributed by atoms with Crippen LogP contribution in [0.4, 0.5) is 8.78 Å². The van der Waals surface area contributed by atoms with Crippen molar-refractivity contribution in [2.75, 3.05) is 14.2 Å². The normalized spacial score (nSPS) is 11.4. The van der Waals surface area contributed by atoms with E-state index in [1.54, 1.807) is 0 Å². The van der Waals surface area contributed by atoms with Crippen molar-refractivity contribution < 1.29 is 23.4 Å². The summed E-state index contributed by atoms with van der Waals surface area (Å²) < 4.78 is 36.6. The molecule has 0 amide bonds. The average molecular weight is 232 g/mol. The largest absolute Gasteiger partial charge is 0.493 e. The molecule has 0 aliphatic rings. The van der Waals surface area contributed by atoms with Crippen LogP contribution in [0, 0.1) is 11.6 Å². The molecule has 0 bridgehead atoms. The molecule has 1 rings (SSSR count). The van der Waals surface area contributed by atoms with Gasteiger partial charge in [0.1, 0.15) is 0 Å². The van der Waals surface area contributed by atoms with Crippen LogP contribution in [-0.4, -0.2) is 19.3 Å². The minimum Gasteiger partial charge on any atom is -0.493 e. The SMILES string of the molecule is COc1cc(F)c(F)c(C(C)(C)O)c1OC. The van der Waals surface area contributed by atoms with Gasteiger partial charge in [0.2, 0.25) is 0 Å². The van der Waals surface area contributed by atoms with Crippen LogP contribution in [0.2, 0.25) is 0 Å². The smallest absolute Gasteiger partial charge is 0.169 e. The van der Waals surface area contributed by atoms with E-state index >= 15 is 0 Å². The van der Waals surface area contributed by atoms with Crippen molar-refractivity contribution >= 4 is 0 Å². The monoisotopic (exact) mass is 232 g/mol. The van der Waals surface area contributed by atoms with Gasteiger partial charge in [0.05, 0.1) is 25.4 Å². The van der Waals surface area contributed by atoms with Crippen molar-refractivity contribution in [3.05, 3.63) is 23.3 Å². The summed E-state index contributed by atoms with van der Waals surface area (Å²) in [7, 11) is 2.60. The van der Waals surface area contributed by atoms with Gasteiger partial charge in [0.15, 0.2) is 23.1 Å². The molecule has 0 aliphatic carbocycles. The third kappa shape index (κ3) is 2.09. The molecule has 0 spiro atoms. The van der Waals surface area contributed by atoms with Gasteiger partial charge in [0, 0.05) is 6.07 Å². The first-order valence-corrected chi connectivity index (χ1v) is 4.65. The Hall–Kier alpha value is -1.36. The first kappa shape index (κ1) is 12.7. The quantitative estimate of drug-likeness (QED) is 0.868. The minimum absolute atomic E-state index is 0.00565. The summed E-state index contributed by atoms with van der Waals surface area (Å²) >= 11 is 0. The topological polar surface area (TPSA) is 38.7 Å². The van der Waals surface area contributed by atoms with Gasteiger partial charge in [-0.15, -0.1) is 0 Å². The van der Waals surface area contributed by atoms with Gasteiger partial charge in [-0.05, 0) is 13.8 Å². The number of hydrogen-bond acceptors (Lipinski definition) is 3. The van der Waals surface area contributed by atoms with Crippen LogP contribution in [0.5, 0.6) is 11.5 Å². The van der Waals surface area contributed by atoms with Crippen LogP contribution in [0.1, 0.15) is 19.4 Å². The lowest BCUT2D eigenvalue weighted by atomic mass is 9.96. The third-order valence-corrected chi connectivity index (χ3v) is 2.17. The lowest BCUT2D eigenvalue weighted by Gasteiger charge is -2.23. The average Bonchev–Trinajstić information content (AvgIpc) is 2.19. The predicted molar refractivity (Wildman–Crippen MR) is 54.7 cm³/mol. The molecule has 0 aliphatic heterocycles. The van der Waals surface area contributed by atoms with Crippen molar-refractivity contribution in [1.82, 2.24) is 0 Å². The second-order valence-corrected chi connectivity index (χ2v) is 3.84. The fourth-order valence-corrected chi connectivity index (χ4v) is 1.49. The molecule has 1 aromatic rings. The lowest BCUT2D eigenvalue weighted by Crippen LogP contribution is -2.20. The molecule has 0 saturated heterocycles. The third-order valence-electron chi connectivity index (χ3n) is 2.17. The molecule has 0 heterocycles. The number of ether oxygens (including phenoxy) is 2. The highest BCUT2D eigenvalue weighted by Gasteiger charge is 2.30. The highest BCUT2D eigenvalue weighted by molar-refractivity contribution is 5.50. The maximum absolute atomic E-state index is 13.6. The second-order valence-electron chi connectivity index (χ2n) is 3.84. The molecule has 0 aromatic heterocycles. The van der Waals surface area contributed by atoms with Crippen LogP contribution in [0.3, 0.4) is 0 Å². The summed E-state index contributed by atoms with van der Waals surface area (Å²) in [5.74, 6) is -2.19. The summed E-state index contributed by atoms with van der Waals surface area (Å²) in [6, 6.07) is 0.878. The molecule has 0 saturated carbocycles. The van der Waals surface area contributed by atoms with E-state index in [2.05, 4.69) is 0 Å². The molecule has 16 heavy (non-hydrogen) atoms. The Balaban J connectivity index is 3.60. The lowest BCUT2D eigenvalue weighted by molar-refractivity contribution is 0.0699. The zero-order valence-electron chi connectivity index (χ0n) is 9.60. The fourth-order valence-electron chi connectivity index (χ4n) is 1.49. The Kier molecular flexibility index (Phi) is 3.38. The summed E-state index contributed by atoms with van der Waals surface area (Å²) in [4.78, 5) is 0. The van der Waals surface area contributed by atoms with E-state index in [1.807, 2.05) is 0 Å². The van der Waals surface area contributed by atoms with Crippen LogP contribution in [-0.2, 0) is 5.60 Å². The van der Waals surface area contributed by atoms with E-state index in [0.29, 0.717) is 0 Å². The van der Waals surface area contributed by atoms with E-state index in [9.17, 15) is 13.9 Å². The molecular formula is C11H14F2O3. The van der Waals surface area contributed by atoms with Crippen LogP contribution >= 0.6 is 0 Å². The maximum Gasteiger partial charge on any atom is 0.169 e. The van der Waals surface area contributed by atoms with Gasteiger partial charge < -0.3 is 14.6 Å². The van der Waals surface area contributed by atoms with Crippen LogP contribution in [0.25, 0.3) is 0 Å². The number of benzene rings is 1. The van der Waals surface area contributed by atoms with Crippen molar-refractivity contribution in [3.63, 3.8) is 0 Å². The zero-order chi connectivity index (χ0) is 12.5. The molecule has 5 heteroatoms. The van der Waals surface area contributed by atoms with Crippen molar-refractivity contribution in [3.8, 4) is 11.5 Å². The summed E-state index contributed by atoms with van der Waals surface area (Å²) in [5.41, 5.74) is -1.82. The predicted octanol–water partition coefficient (Wildman–Crippen LogP) is 2.21. The minimum atomic E-state index is -1.56. The van der Waals surface area contributed by atoms with E-state index in [1.165, 1.54) is 28.1 Å². The highest BCUT2D eigenvalue weighted by atomic mass is 19.2. The molecule has 0 fully saturated rings. The fraction of sp³-hybridized carbons (Fsp3) is 0.455. The molecule has 3 nitrogen and oxygen atoms in total. The molecular weight excluding hydrogens is 218 g/mol. The number of hydrogen-bond donors (Lipinski definition) is 1. The van der Waals surface area contributed by atoms with E-state index in [0.717, 1.165) is 6.07 Å². The molecule has 1 aromatic carbocycles. The van der Waals surface area contributed by atoms with E-state index < -0.39 is 17.2 Å². The van der Waals surface area contributed by atoms with Crippen molar-refractivity contribution in [1.29, 1.82) is 0 Å². The number of methoxy groups -OCH3 is 2. The molecule has 0 radical (unpaired) electrons. The molecule has 0 unspecified atom stereocenters. The zero-order valence-corrected chi connectivity index (χ0v) is 9.60. The summed E-state index contributed by atoms with van der Waals surface area (Å²) in [6.45, 7) is 2.68. The molecule has 90 valence electrons. The van der Waals surface area contributed by atoms with E-state index in [-0.39, 0.29) is 17.1 Å². The Morgan fingerprint density at radius 1 is 1.19 bits per heavy atom. The number of aliphatic hydroxyl groups is 1. The molecule has 0 atom stereocenters. The maximum atomic E-state index is 13.6. The molecule has 1 N–H and O–H groups in total. The standard InChI is InChI=1S/C11H14F2O3/c1-11(2,14)8-9(13)6(12)5-7(15-3)10(8)16-4/h5,14H,1-4H3. The summed E-state index contributed by atoms with van der Waals surface area (Å²) in [5, 5.41) is 9.78. The van der Waals surface area contributed by atoms with Crippen molar-refractivity contribution in [2.45, 2.75) is 19.4 Å². The van der Waals surface area contributed by atoms with Crippen LogP contribution < -0.4 is 9.47 Å². The first-order valence-electron chi connectivity index (χ1n) is 4.65. The van der Waals surface area contributed by atoms with Gasteiger partial charge in [-0.25, -0.2) is 8.78 Å². The number of halogens is 2. The van der Waals surface area contributed by atoms with Crippen LogP contribution in [0.15, 0.2) is 6.07 Å². The Labute approximate surface area is 92.6 Å². The van der Waals surface area contributed by atoms with Gasteiger partial charge in [0.25, 0.3) is 0 Å². The van der Waals surface area contributed by atoms with Gasteiger partial charge >= 0.3 is 0 Å². The van der Waals surface area contributed by atoms with Crippen molar-refractivity contribution in [2.24, 2.45) is 0 Å². The van der Waals surface area contributed by atoms with Gasteiger partial charge in [-0.3, -0.25) is 0 Å². The second kappa shape index (κ2) is 4.25. The Morgan fingerprint density at radius 3 is 2.12 bits per heavy atom. The highest BCUT2D eigenvalue weighted by Crippen LogP contribution is 2.40. The van der Waals surface area contributed by atoms with E-state index in [4.69, 9.17) is 9.47 Å². The van der Waals surface area contributed by atoms with Gasteiger partial charge in [-0.2, -0.15) is 0 Å². The number of rotatable bonds is 3.